The minimum absolute atomic E-state index is 0.0159. The van der Waals surface area contributed by atoms with Crippen molar-refractivity contribution in [3.05, 3.63) is 29.6 Å². The maximum Gasteiger partial charge on any atom is 0.390 e. The number of aliphatic hydroxyl groups is 1. The van der Waals surface area contributed by atoms with E-state index >= 15 is 0 Å². The molecule has 2 nitrogen and oxygen atoms in total. The summed E-state index contributed by atoms with van der Waals surface area (Å²) in [6.07, 6.45) is -6.32. The van der Waals surface area contributed by atoms with Gasteiger partial charge in [0.25, 0.3) is 0 Å². The zero-order valence-corrected chi connectivity index (χ0v) is 10.1. The molecule has 0 aliphatic carbocycles. The van der Waals surface area contributed by atoms with Gasteiger partial charge in [-0.15, -0.1) is 0 Å². The molecule has 18 heavy (non-hydrogen) atoms. The number of hydrogen-bond donors (Lipinski definition) is 1. The van der Waals surface area contributed by atoms with E-state index in [1.807, 2.05) is 0 Å². The number of anilines is 1. The first-order valence-electron chi connectivity index (χ1n) is 5.46. The summed E-state index contributed by atoms with van der Waals surface area (Å²) in [6.45, 7) is 1.09. The van der Waals surface area contributed by atoms with Gasteiger partial charge in [-0.3, -0.25) is 0 Å². The van der Waals surface area contributed by atoms with Crippen LogP contribution >= 0.6 is 0 Å². The molecule has 0 amide bonds. The molecule has 1 aromatic carbocycles. The fourth-order valence-electron chi connectivity index (χ4n) is 1.69. The molecule has 0 radical (unpaired) electrons. The van der Waals surface area contributed by atoms with Gasteiger partial charge < -0.3 is 10.0 Å². The van der Waals surface area contributed by atoms with Crippen molar-refractivity contribution in [2.24, 2.45) is 0 Å². The summed E-state index contributed by atoms with van der Waals surface area (Å²) in [5.74, 6) is -0.624. The van der Waals surface area contributed by atoms with Gasteiger partial charge in [0.15, 0.2) is 0 Å². The van der Waals surface area contributed by atoms with E-state index in [-0.39, 0.29) is 17.8 Å². The van der Waals surface area contributed by atoms with Gasteiger partial charge in [-0.25, -0.2) is 4.39 Å². The third-order valence-electron chi connectivity index (χ3n) is 2.59. The topological polar surface area (TPSA) is 23.5 Å². The van der Waals surface area contributed by atoms with E-state index in [0.717, 1.165) is 0 Å². The highest BCUT2D eigenvalue weighted by Crippen LogP contribution is 2.29. The molecular formula is C12H15F4NO. The minimum Gasteiger partial charge on any atom is -0.389 e. The number of hydrogen-bond acceptors (Lipinski definition) is 2. The molecule has 0 heterocycles. The van der Waals surface area contributed by atoms with Gasteiger partial charge in [-0.2, -0.15) is 13.2 Å². The highest BCUT2D eigenvalue weighted by Gasteiger charge is 2.28. The molecule has 0 aliphatic heterocycles. The minimum atomic E-state index is -4.26. The third-order valence-corrected chi connectivity index (χ3v) is 2.59. The predicted octanol–water partition coefficient (Wildman–Crippen LogP) is 3.27. The van der Waals surface area contributed by atoms with Crippen LogP contribution < -0.4 is 4.90 Å². The Morgan fingerprint density at radius 1 is 1.33 bits per heavy atom. The zero-order chi connectivity index (χ0) is 13.9. The first-order valence-corrected chi connectivity index (χ1v) is 5.46. The van der Waals surface area contributed by atoms with Crippen LogP contribution in [-0.2, 0) is 0 Å². The number of halogens is 4. The lowest BCUT2D eigenvalue weighted by Gasteiger charge is -2.24. The Labute approximate surface area is 103 Å². The van der Waals surface area contributed by atoms with Crippen LogP contribution in [0.4, 0.5) is 23.2 Å². The maximum absolute atomic E-state index is 13.5. The Morgan fingerprint density at radius 3 is 2.44 bits per heavy atom. The second-order valence-electron chi connectivity index (χ2n) is 4.14. The number of rotatable bonds is 4. The van der Waals surface area contributed by atoms with Crippen molar-refractivity contribution < 1.29 is 22.7 Å². The molecular weight excluding hydrogens is 250 g/mol. The van der Waals surface area contributed by atoms with Crippen LogP contribution in [0, 0.1) is 5.82 Å². The Kier molecular flexibility index (Phi) is 4.56. The molecule has 0 saturated heterocycles. The van der Waals surface area contributed by atoms with Crippen molar-refractivity contribution >= 4 is 5.69 Å². The fraction of sp³-hybridized carbons (Fsp3) is 0.500. The van der Waals surface area contributed by atoms with Crippen LogP contribution in [-0.4, -0.2) is 24.9 Å². The molecule has 0 saturated carbocycles. The summed E-state index contributed by atoms with van der Waals surface area (Å²) < 4.78 is 49.9. The van der Waals surface area contributed by atoms with Gasteiger partial charge in [0, 0.05) is 24.8 Å². The van der Waals surface area contributed by atoms with Crippen molar-refractivity contribution in [2.45, 2.75) is 25.6 Å². The highest BCUT2D eigenvalue weighted by molar-refractivity contribution is 5.54. The summed E-state index contributed by atoms with van der Waals surface area (Å²) in [5, 5.41) is 9.47. The SMILES string of the molecule is C[C@H](O)c1c(F)cccc1N(C)CCC(F)(F)F. The van der Waals surface area contributed by atoms with Crippen LogP contribution in [0.3, 0.4) is 0 Å². The summed E-state index contributed by atoms with van der Waals surface area (Å²) in [4.78, 5) is 1.29. The van der Waals surface area contributed by atoms with E-state index < -0.39 is 24.5 Å². The van der Waals surface area contributed by atoms with E-state index in [1.165, 1.54) is 37.1 Å². The second kappa shape index (κ2) is 5.56. The Hall–Kier alpha value is -1.30. The number of aliphatic hydroxyl groups excluding tert-OH is 1. The van der Waals surface area contributed by atoms with Gasteiger partial charge in [0.1, 0.15) is 5.82 Å². The van der Waals surface area contributed by atoms with Crippen LogP contribution in [0.25, 0.3) is 0 Å². The van der Waals surface area contributed by atoms with Crippen molar-refractivity contribution in [1.82, 2.24) is 0 Å². The third kappa shape index (κ3) is 3.87. The lowest BCUT2D eigenvalue weighted by Crippen LogP contribution is -2.25. The molecule has 1 aromatic rings. The predicted molar refractivity (Wildman–Crippen MR) is 61.0 cm³/mol. The van der Waals surface area contributed by atoms with Gasteiger partial charge >= 0.3 is 6.18 Å². The van der Waals surface area contributed by atoms with Crippen molar-refractivity contribution in [1.29, 1.82) is 0 Å². The Morgan fingerprint density at radius 2 is 1.94 bits per heavy atom. The van der Waals surface area contributed by atoms with Crippen LogP contribution in [0.15, 0.2) is 18.2 Å². The Balaban J connectivity index is 2.92. The standard InChI is InChI=1S/C12H15F4NO/c1-8(18)11-9(13)4-3-5-10(11)17(2)7-6-12(14,15)16/h3-5,8,18H,6-7H2,1-2H3/t8-/m0/s1. The number of alkyl halides is 3. The molecule has 0 bridgehead atoms. The molecule has 0 spiro atoms. The van der Waals surface area contributed by atoms with E-state index in [0.29, 0.717) is 0 Å². The lowest BCUT2D eigenvalue weighted by atomic mass is 10.1. The molecule has 0 aromatic heterocycles. The second-order valence-corrected chi connectivity index (χ2v) is 4.14. The quantitative estimate of drug-likeness (QED) is 0.845. The summed E-state index contributed by atoms with van der Waals surface area (Å²) >= 11 is 0. The molecule has 0 fully saturated rings. The van der Waals surface area contributed by atoms with E-state index in [1.54, 1.807) is 0 Å². The molecule has 0 unspecified atom stereocenters. The normalized spacial score (nSPS) is 13.5. The summed E-state index contributed by atoms with van der Waals surface area (Å²) in [5.41, 5.74) is 0.288. The Bertz CT molecular complexity index is 404. The first-order chi connectivity index (χ1) is 8.22. The largest absolute Gasteiger partial charge is 0.390 e. The van der Waals surface area contributed by atoms with Crippen LogP contribution in [0.2, 0.25) is 0 Å². The zero-order valence-electron chi connectivity index (χ0n) is 10.1. The van der Waals surface area contributed by atoms with Crippen molar-refractivity contribution in [3.8, 4) is 0 Å². The first kappa shape index (κ1) is 14.8. The molecule has 0 aliphatic rings. The average Bonchev–Trinajstić information content (AvgIpc) is 2.24. The molecule has 1 atom stereocenters. The summed E-state index contributed by atoms with van der Waals surface area (Å²) in [6, 6.07) is 4.06. The van der Waals surface area contributed by atoms with Gasteiger partial charge in [-0.1, -0.05) is 6.07 Å². The summed E-state index contributed by atoms with van der Waals surface area (Å²) in [7, 11) is 1.44. The van der Waals surface area contributed by atoms with Crippen LogP contribution in [0.5, 0.6) is 0 Å². The van der Waals surface area contributed by atoms with Gasteiger partial charge in [-0.05, 0) is 19.1 Å². The highest BCUT2D eigenvalue weighted by atomic mass is 19.4. The van der Waals surface area contributed by atoms with E-state index in [9.17, 15) is 22.7 Å². The molecule has 6 heteroatoms. The number of benzene rings is 1. The molecule has 102 valence electrons. The van der Waals surface area contributed by atoms with E-state index in [4.69, 9.17) is 0 Å². The van der Waals surface area contributed by atoms with Gasteiger partial charge in [0.2, 0.25) is 0 Å². The lowest BCUT2D eigenvalue weighted by molar-refractivity contribution is -0.132. The monoisotopic (exact) mass is 265 g/mol. The van der Waals surface area contributed by atoms with Crippen molar-refractivity contribution in [3.63, 3.8) is 0 Å². The maximum atomic E-state index is 13.5. The molecule has 1 N–H and O–H groups in total. The molecule has 1 rings (SSSR count). The smallest absolute Gasteiger partial charge is 0.389 e. The van der Waals surface area contributed by atoms with Crippen LogP contribution in [0.1, 0.15) is 25.0 Å². The van der Waals surface area contributed by atoms with Crippen molar-refractivity contribution in [2.75, 3.05) is 18.5 Å². The van der Waals surface area contributed by atoms with E-state index in [2.05, 4.69) is 0 Å². The number of nitrogens with zero attached hydrogens (tertiary/aromatic N) is 1. The fourth-order valence-corrected chi connectivity index (χ4v) is 1.69. The average molecular weight is 265 g/mol. The van der Waals surface area contributed by atoms with Gasteiger partial charge in [0.05, 0.1) is 12.5 Å².